The number of nitrogens with zero attached hydrogens (tertiary/aromatic N) is 2. The molecular formula is C16H15ClN2O2. The third-order valence-corrected chi connectivity index (χ3v) is 3.97. The average Bonchev–Trinajstić information content (AvgIpc) is 2.78. The Balaban J connectivity index is 2.48. The van der Waals surface area contributed by atoms with E-state index in [0.29, 0.717) is 10.7 Å². The highest BCUT2D eigenvalue weighted by Crippen LogP contribution is 2.32. The molecule has 1 aromatic carbocycles. The SMILES string of the molecule is CCc1nc(C(=O)OC)cc2c3cc(Cl)ccc3n(C)c12. The van der Waals surface area contributed by atoms with Crippen molar-refractivity contribution in [3.8, 4) is 0 Å². The maximum Gasteiger partial charge on any atom is 0.356 e. The van der Waals surface area contributed by atoms with E-state index in [1.165, 1.54) is 7.11 Å². The number of esters is 1. The monoisotopic (exact) mass is 302 g/mol. The zero-order valence-corrected chi connectivity index (χ0v) is 12.9. The number of carbonyl (C=O) groups is 1. The number of pyridine rings is 1. The van der Waals surface area contributed by atoms with Gasteiger partial charge in [0.15, 0.2) is 0 Å². The lowest BCUT2D eigenvalue weighted by Gasteiger charge is -2.06. The van der Waals surface area contributed by atoms with Crippen LogP contribution in [-0.2, 0) is 18.2 Å². The van der Waals surface area contributed by atoms with Crippen LogP contribution in [0.1, 0.15) is 23.1 Å². The van der Waals surface area contributed by atoms with Crippen LogP contribution in [-0.4, -0.2) is 22.6 Å². The van der Waals surface area contributed by atoms with Gasteiger partial charge in [-0.15, -0.1) is 0 Å². The lowest BCUT2D eigenvalue weighted by atomic mass is 10.1. The number of fused-ring (bicyclic) bond motifs is 3. The molecule has 0 amide bonds. The van der Waals surface area contributed by atoms with Gasteiger partial charge in [0.25, 0.3) is 0 Å². The Kier molecular flexibility index (Phi) is 3.33. The van der Waals surface area contributed by atoms with E-state index >= 15 is 0 Å². The van der Waals surface area contributed by atoms with Crippen LogP contribution < -0.4 is 0 Å². The molecule has 2 aromatic heterocycles. The molecule has 0 spiro atoms. The van der Waals surface area contributed by atoms with Crippen molar-refractivity contribution in [2.24, 2.45) is 7.05 Å². The minimum atomic E-state index is -0.425. The second-order valence-corrected chi connectivity index (χ2v) is 5.35. The Hall–Kier alpha value is -2.07. The molecule has 108 valence electrons. The standard InChI is InChI=1S/C16H15ClN2O2/c1-4-12-15-11(8-13(18-12)16(20)21-3)10-7-9(17)5-6-14(10)19(15)2/h5-8H,4H2,1-3H3. The van der Waals surface area contributed by atoms with Crippen molar-refractivity contribution in [1.82, 2.24) is 9.55 Å². The summed E-state index contributed by atoms with van der Waals surface area (Å²) in [6.45, 7) is 2.02. The highest BCUT2D eigenvalue weighted by atomic mass is 35.5. The van der Waals surface area contributed by atoms with Crippen LogP contribution in [0.4, 0.5) is 0 Å². The Bertz CT molecular complexity index is 868. The summed E-state index contributed by atoms with van der Waals surface area (Å²) in [5.41, 5.74) is 3.30. The lowest BCUT2D eigenvalue weighted by molar-refractivity contribution is 0.0594. The molecule has 5 heteroatoms. The minimum absolute atomic E-state index is 0.328. The molecule has 0 saturated heterocycles. The van der Waals surface area contributed by atoms with E-state index in [1.54, 1.807) is 6.07 Å². The smallest absolute Gasteiger partial charge is 0.356 e. The van der Waals surface area contributed by atoms with Gasteiger partial charge in [-0.1, -0.05) is 18.5 Å². The molecule has 2 heterocycles. The summed E-state index contributed by atoms with van der Waals surface area (Å²) in [6.07, 6.45) is 0.735. The molecule has 0 fully saturated rings. The van der Waals surface area contributed by atoms with Crippen molar-refractivity contribution >= 4 is 39.4 Å². The predicted molar refractivity (Wildman–Crippen MR) is 83.9 cm³/mol. The molecule has 21 heavy (non-hydrogen) atoms. The number of aromatic nitrogens is 2. The molecule has 4 nitrogen and oxygen atoms in total. The van der Waals surface area contributed by atoms with Crippen LogP contribution >= 0.6 is 11.6 Å². The minimum Gasteiger partial charge on any atom is -0.464 e. The van der Waals surface area contributed by atoms with E-state index in [1.807, 2.05) is 32.2 Å². The Morgan fingerprint density at radius 1 is 1.33 bits per heavy atom. The quantitative estimate of drug-likeness (QED) is 0.678. The summed E-state index contributed by atoms with van der Waals surface area (Å²) in [6, 6.07) is 7.54. The van der Waals surface area contributed by atoms with Crippen molar-refractivity contribution in [2.45, 2.75) is 13.3 Å². The summed E-state index contributed by atoms with van der Waals surface area (Å²) in [5, 5.41) is 2.66. The molecule has 0 aliphatic rings. The zero-order chi connectivity index (χ0) is 15.1. The van der Waals surface area contributed by atoms with Gasteiger partial charge in [-0.2, -0.15) is 0 Å². The van der Waals surface area contributed by atoms with Gasteiger partial charge < -0.3 is 9.30 Å². The zero-order valence-electron chi connectivity index (χ0n) is 12.1. The first-order valence-corrected chi connectivity index (χ1v) is 7.10. The maximum atomic E-state index is 11.8. The summed E-state index contributed by atoms with van der Waals surface area (Å²) in [5.74, 6) is -0.425. The van der Waals surface area contributed by atoms with E-state index in [2.05, 4.69) is 9.55 Å². The highest BCUT2D eigenvalue weighted by molar-refractivity contribution is 6.32. The van der Waals surface area contributed by atoms with Crippen LogP contribution in [0.3, 0.4) is 0 Å². The third kappa shape index (κ3) is 2.07. The number of rotatable bonds is 2. The van der Waals surface area contributed by atoms with Crippen molar-refractivity contribution in [3.63, 3.8) is 0 Å². The number of hydrogen-bond donors (Lipinski definition) is 0. The van der Waals surface area contributed by atoms with Gasteiger partial charge >= 0.3 is 5.97 Å². The number of methoxy groups -OCH3 is 1. The number of halogens is 1. The van der Waals surface area contributed by atoms with E-state index < -0.39 is 5.97 Å². The summed E-state index contributed by atoms with van der Waals surface area (Å²) < 4.78 is 6.88. The number of carbonyl (C=O) groups excluding carboxylic acids is 1. The third-order valence-electron chi connectivity index (χ3n) is 3.74. The fraction of sp³-hybridized carbons (Fsp3) is 0.250. The highest BCUT2D eigenvalue weighted by Gasteiger charge is 2.17. The van der Waals surface area contributed by atoms with Crippen molar-refractivity contribution < 1.29 is 9.53 Å². The second kappa shape index (κ2) is 5.04. The average molecular weight is 303 g/mol. The topological polar surface area (TPSA) is 44.1 Å². The molecule has 0 bridgehead atoms. The largest absolute Gasteiger partial charge is 0.464 e. The molecule has 0 unspecified atom stereocenters. The van der Waals surface area contributed by atoms with Gasteiger partial charge in [-0.3, -0.25) is 0 Å². The molecule has 0 radical (unpaired) electrons. The normalized spacial score (nSPS) is 11.2. The van der Waals surface area contributed by atoms with Gasteiger partial charge in [0.1, 0.15) is 5.69 Å². The lowest BCUT2D eigenvalue weighted by Crippen LogP contribution is -2.07. The van der Waals surface area contributed by atoms with Crippen LogP contribution in [0.25, 0.3) is 21.8 Å². The molecule has 0 N–H and O–H groups in total. The first-order valence-electron chi connectivity index (χ1n) is 6.72. The van der Waals surface area contributed by atoms with E-state index in [9.17, 15) is 4.79 Å². The van der Waals surface area contributed by atoms with E-state index in [0.717, 1.165) is 33.9 Å². The molecule has 0 aliphatic carbocycles. The number of aryl methyl sites for hydroxylation is 2. The fourth-order valence-electron chi connectivity index (χ4n) is 2.76. The second-order valence-electron chi connectivity index (χ2n) is 4.92. The van der Waals surface area contributed by atoms with Crippen LogP contribution in [0.15, 0.2) is 24.3 Å². The summed E-state index contributed by atoms with van der Waals surface area (Å²) >= 11 is 6.12. The molecule has 3 aromatic rings. The van der Waals surface area contributed by atoms with Crippen LogP contribution in [0.5, 0.6) is 0 Å². The first-order chi connectivity index (χ1) is 10.1. The first kappa shape index (κ1) is 13.9. The summed E-state index contributed by atoms with van der Waals surface area (Å²) in [4.78, 5) is 16.3. The Morgan fingerprint density at radius 3 is 2.76 bits per heavy atom. The van der Waals surface area contributed by atoms with Gasteiger partial charge in [0.05, 0.1) is 18.3 Å². The summed E-state index contributed by atoms with van der Waals surface area (Å²) in [7, 11) is 3.36. The van der Waals surface area contributed by atoms with Gasteiger partial charge in [-0.25, -0.2) is 9.78 Å². The van der Waals surface area contributed by atoms with Gasteiger partial charge in [0.2, 0.25) is 0 Å². The Morgan fingerprint density at radius 2 is 2.10 bits per heavy atom. The van der Waals surface area contributed by atoms with Gasteiger partial charge in [0, 0.05) is 28.4 Å². The van der Waals surface area contributed by atoms with Crippen molar-refractivity contribution in [1.29, 1.82) is 0 Å². The van der Waals surface area contributed by atoms with Crippen molar-refractivity contribution in [2.75, 3.05) is 7.11 Å². The van der Waals surface area contributed by atoms with E-state index in [-0.39, 0.29) is 0 Å². The van der Waals surface area contributed by atoms with Gasteiger partial charge in [-0.05, 0) is 30.7 Å². The molecule has 3 rings (SSSR count). The van der Waals surface area contributed by atoms with Crippen molar-refractivity contribution in [3.05, 3.63) is 40.7 Å². The number of hydrogen-bond acceptors (Lipinski definition) is 3. The number of benzene rings is 1. The molecule has 0 aliphatic heterocycles. The predicted octanol–water partition coefficient (Wildman–Crippen LogP) is 3.73. The van der Waals surface area contributed by atoms with Crippen LogP contribution in [0.2, 0.25) is 5.02 Å². The molecule has 0 saturated carbocycles. The maximum absolute atomic E-state index is 11.8. The van der Waals surface area contributed by atoms with Crippen LogP contribution in [0, 0.1) is 0 Å². The number of ether oxygens (including phenoxy) is 1. The fourth-order valence-corrected chi connectivity index (χ4v) is 2.94. The molecular weight excluding hydrogens is 288 g/mol. The van der Waals surface area contributed by atoms with E-state index in [4.69, 9.17) is 16.3 Å². The Labute approximate surface area is 127 Å². The molecule has 0 atom stereocenters.